The molecule has 158 valence electrons. The Balaban J connectivity index is 1.11. The third-order valence-electron chi connectivity index (χ3n) is 8.77. The molecule has 4 aliphatic carbocycles. The minimum absolute atomic E-state index is 0.156. The van der Waals surface area contributed by atoms with Gasteiger partial charge in [-0.25, -0.2) is 4.79 Å². The summed E-state index contributed by atoms with van der Waals surface area (Å²) in [6, 6.07) is 0.251. The summed E-state index contributed by atoms with van der Waals surface area (Å²) >= 11 is 0. The Morgan fingerprint density at radius 1 is 0.893 bits per heavy atom. The van der Waals surface area contributed by atoms with Gasteiger partial charge in [-0.05, 0) is 93.3 Å². The minimum Gasteiger partial charge on any atom is -0.333 e. The maximum Gasteiger partial charge on any atom is 0.317 e. The van der Waals surface area contributed by atoms with Gasteiger partial charge in [-0.15, -0.1) is 0 Å². The highest BCUT2D eigenvalue weighted by molar-refractivity contribution is 5.75. The lowest BCUT2D eigenvalue weighted by Crippen LogP contribution is -2.62. The van der Waals surface area contributed by atoms with E-state index < -0.39 is 0 Å². The molecule has 4 saturated carbocycles. The van der Waals surface area contributed by atoms with Crippen LogP contribution in [0.25, 0.3) is 0 Å². The van der Waals surface area contributed by atoms with Crippen molar-refractivity contribution < 1.29 is 4.79 Å². The summed E-state index contributed by atoms with van der Waals surface area (Å²) in [4.78, 5) is 17.9. The summed E-state index contributed by atoms with van der Waals surface area (Å²) < 4.78 is 0. The van der Waals surface area contributed by atoms with E-state index in [1.165, 1.54) is 77.4 Å². The number of piperidine rings is 2. The number of nitrogens with one attached hydrogen (secondary N) is 1. The Bertz CT molecular complexity index is 537. The Kier molecular flexibility index (Phi) is 5.13. The van der Waals surface area contributed by atoms with Crippen LogP contribution in [-0.4, -0.2) is 54.1 Å². The molecular formula is C24H41N3O. The van der Waals surface area contributed by atoms with Crippen LogP contribution in [0.3, 0.4) is 0 Å². The molecule has 6 aliphatic rings. The molecule has 0 aromatic rings. The SMILES string of the molecule is C[C@@H]1C[C@@H](C)CN(CC2CCN(C(=O)NC34CC5CC(CC(C5)C3)C4)CC2)C1. The molecular weight excluding hydrogens is 346 g/mol. The zero-order valence-electron chi connectivity index (χ0n) is 18.2. The summed E-state index contributed by atoms with van der Waals surface area (Å²) in [6.07, 6.45) is 11.9. The predicted octanol–water partition coefficient (Wildman–Crippen LogP) is 4.35. The van der Waals surface area contributed by atoms with Crippen LogP contribution >= 0.6 is 0 Å². The van der Waals surface area contributed by atoms with Gasteiger partial charge in [0.1, 0.15) is 0 Å². The average molecular weight is 388 g/mol. The molecule has 2 amide bonds. The van der Waals surface area contributed by atoms with E-state index in [0.717, 1.165) is 48.6 Å². The molecule has 6 fully saturated rings. The largest absolute Gasteiger partial charge is 0.333 e. The molecule has 2 saturated heterocycles. The fourth-order valence-corrected chi connectivity index (χ4v) is 8.19. The van der Waals surface area contributed by atoms with Crippen molar-refractivity contribution in [2.75, 3.05) is 32.7 Å². The fourth-order valence-electron chi connectivity index (χ4n) is 8.19. The summed E-state index contributed by atoms with van der Waals surface area (Å²) in [5, 5.41) is 3.58. The van der Waals surface area contributed by atoms with Crippen LogP contribution in [0.2, 0.25) is 0 Å². The lowest BCUT2D eigenvalue weighted by Gasteiger charge is -2.57. The second kappa shape index (κ2) is 7.49. The number of urea groups is 1. The summed E-state index contributed by atoms with van der Waals surface area (Å²) in [5.41, 5.74) is 0.156. The van der Waals surface area contributed by atoms with Gasteiger partial charge in [0.25, 0.3) is 0 Å². The Morgan fingerprint density at radius 3 is 1.96 bits per heavy atom. The van der Waals surface area contributed by atoms with E-state index in [0.29, 0.717) is 0 Å². The molecule has 28 heavy (non-hydrogen) atoms. The number of carbonyl (C=O) groups excluding carboxylic acids is 1. The highest BCUT2D eigenvalue weighted by Gasteiger charge is 2.51. The molecule has 4 bridgehead atoms. The van der Waals surface area contributed by atoms with Crippen molar-refractivity contribution >= 4 is 6.03 Å². The third-order valence-corrected chi connectivity index (χ3v) is 8.77. The number of amides is 2. The number of hydrogen-bond donors (Lipinski definition) is 1. The van der Waals surface area contributed by atoms with Gasteiger partial charge in [0.05, 0.1) is 0 Å². The number of carbonyl (C=O) groups is 1. The maximum absolute atomic E-state index is 13.1. The van der Waals surface area contributed by atoms with Gasteiger partial charge in [0.2, 0.25) is 0 Å². The minimum atomic E-state index is 0.156. The van der Waals surface area contributed by atoms with Gasteiger partial charge < -0.3 is 15.1 Å². The van der Waals surface area contributed by atoms with Gasteiger partial charge in [-0.1, -0.05) is 13.8 Å². The first-order valence-electron chi connectivity index (χ1n) is 12.3. The van der Waals surface area contributed by atoms with Crippen LogP contribution in [0.15, 0.2) is 0 Å². The van der Waals surface area contributed by atoms with E-state index in [4.69, 9.17) is 0 Å². The van der Waals surface area contributed by atoms with Crippen molar-refractivity contribution in [1.82, 2.24) is 15.1 Å². The number of hydrogen-bond acceptors (Lipinski definition) is 2. The highest BCUT2D eigenvalue weighted by atomic mass is 16.2. The first-order chi connectivity index (χ1) is 13.5. The second-order valence-electron chi connectivity index (χ2n) is 11.7. The molecule has 2 aliphatic heterocycles. The zero-order chi connectivity index (χ0) is 19.3. The standard InChI is InChI=1S/C24H41N3O/c1-17-7-18(2)15-26(14-17)16-19-3-5-27(6-4-19)23(28)25-24-11-20-8-21(12-24)10-22(9-20)13-24/h17-22H,3-16H2,1-2H3,(H,25,28)/t17-,18-,20?,21?,22?,24?/m1/s1. The lowest BCUT2D eigenvalue weighted by atomic mass is 9.53. The molecule has 0 radical (unpaired) electrons. The first-order valence-corrected chi connectivity index (χ1v) is 12.3. The van der Waals surface area contributed by atoms with Crippen molar-refractivity contribution in [1.29, 1.82) is 0 Å². The molecule has 2 heterocycles. The number of rotatable bonds is 3. The van der Waals surface area contributed by atoms with Crippen LogP contribution in [0.4, 0.5) is 4.79 Å². The molecule has 4 heteroatoms. The Labute approximate surface area is 171 Å². The fraction of sp³-hybridized carbons (Fsp3) is 0.958. The first kappa shape index (κ1) is 19.2. The summed E-state index contributed by atoms with van der Waals surface area (Å²) in [5.74, 6) is 5.15. The molecule has 0 spiro atoms. The van der Waals surface area contributed by atoms with E-state index in [1.807, 2.05) is 0 Å². The van der Waals surface area contributed by atoms with Gasteiger partial charge in [-0.2, -0.15) is 0 Å². The van der Waals surface area contributed by atoms with Gasteiger partial charge >= 0.3 is 6.03 Å². The van der Waals surface area contributed by atoms with Crippen molar-refractivity contribution in [3.8, 4) is 0 Å². The second-order valence-corrected chi connectivity index (χ2v) is 11.7. The maximum atomic E-state index is 13.1. The molecule has 2 atom stereocenters. The normalized spacial score (nSPS) is 44.1. The van der Waals surface area contributed by atoms with Crippen molar-refractivity contribution in [3.05, 3.63) is 0 Å². The topological polar surface area (TPSA) is 35.6 Å². The van der Waals surface area contributed by atoms with Gasteiger partial charge in [0, 0.05) is 38.3 Å². The molecule has 0 aromatic carbocycles. The highest BCUT2D eigenvalue weighted by Crippen LogP contribution is 2.55. The molecule has 1 N–H and O–H groups in total. The third kappa shape index (κ3) is 3.95. The van der Waals surface area contributed by atoms with Crippen molar-refractivity contribution in [2.24, 2.45) is 35.5 Å². The van der Waals surface area contributed by atoms with Crippen LogP contribution in [-0.2, 0) is 0 Å². The average Bonchev–Trinajstić information content (AvgIpc) is 2.59. The Hall–Kier alpha value is -0.770. The van der Waals surface area contributed by atoms with Gasteiger partial charge in [-0.3, -0.25) is 0 Å². The van der Waals surface area contributed by atoms with E-state index in [-0.39, 0.29) is 11.6 Å². The van der Waals surface area contributed by atoms with Crippen LogP contribution in [0.5, 0.6) is 0 Å². The molecule has 0 unspecified atom stereocenters. The van der Waals surface area contributed by atoms with Crippen molar-refractivity contribution in [3.63, 3.8) is 0 Å². The summed E-state index contributed by atoms with van der Waals surface area (Å²) in [6.45, 7) is 10.5. The number of nitrogens with zero attached hydrogens (tertiary/aromatic N) is 2. The van der Waals surface area contributed by atoms with E-state index in [9.17, 15) is 4.79 Å². The Morgan fingerprint density at radius 2 is 1.43 bits per heavy atom. The van der Waals surface area contributed by atoms with E-state index in [2.05, 4.69) is 29.0 Å². The van der Waals surface area contributed by atoms with Crippen LogP contribution in [0, 0.1) is 35.5 Å². The smallest absolute Gasteiger partial charge is 0.317 e. The predicted molar refractivity (Wildman–Crippen MR) is 113 cm³/mol. The molecule has 6 rings (SSSR count). The van der Waals surface area contributed by atoms with E-state index in [1.54, 1.807) is 0 Å². The van der Waals surface area contributed by atoms with Crippen LogP contribution in [0.1, 0.15) is 71.6 Å². The number of likely N-dealkylation sites (tertiary alicyclic amines) is 2. The van der Waals surface area contributed by atoms with Gasteiger partial charge in [0.15, 0.2) is 0 Å². The lowest BCUT2D eigenvalue weighted by molar-refractivity contribution is -0.0163. The summed E-state index contributed by atoms with van der Waals surface area (Å²) in [7, 11) is 0. The van der Waals surface area contributed by atoms with E-state index >= 15 is 0 Å². The molecule has 0 aromatic heterocycles. The zero-order valence-corrected chi connectivity index (χ0v) is 18.2. The molecule has 4 nitrogen and oxygen atoms in total. The van der Waals surface area contributed by atoms with Crippen molar-refractivity contribution in [2.45, 2.75) is 77.2 Å². The monoisotopic (exact) mass is 387 g/mol. The quantitative estimate of drug-likeness (QED) is 0.781. The van der Waals surface area contributed by atoms with Crippen LogP contribution < -0.4 is 5.32 Å².